The van der Waals surface area contributed by atoms with Gasteiger partial charge in [-0.2, -0.15) is 0 Å². The van der Waals surface area contributed by atoms with E-state index in [0.29, 0.717) is 21.8 Å². The predicted molar refractivity (Wildman–Crippen MR) is 118 cm³/mol. The fourth-order valence-corrected chi connectivity index (χ4v) is 4.02. The van der Waals surface area contributed by atoms with Gasteiger partial charge in [0, 0.05) is 30.0 Å². The maximum Gasteiger partial charge on any atom is 0.287 e. The second kappa shape index (κ2) is 8.40. The molecular formula is C23H18ClF2N5O2. The molecule has 1 atom stereocenters. The number of aromatic nitrogens is 4. The Balaban J connectivity index is 1.37. The summed E-state index contributed by atoms with van der Waals surface area (Å²) in [5.41, 5.74) is 1.47. The van der Waals surface area contributed by atoms with Gasteiger partial charge in [0.1, 0.15) is 0 Å². The highest BCUT2D eigenvalue weighted by molar-refractivity contribution is 6.35. The summed E-state index contributed by atoms with van der Waals surface area (Å²) in [7, 11) is 0. The summed E-state index contributed by atoms with van der Waals surface area (Å²) in [5, 5.41) is 8.84. The fourth-order valence-electron chi connectivity index (χ4n) is 3.79. The van der Waals surface area contributed by atoms with E-state index in [9.17, 15) is 13.6 Å². The quantitative estimate of drug-likeness (QED) is 0.443. The van der Waals surface area contributed by atoms with E-state index in [1.165, 1.54) is 21.8 Å². The van der Waals surface area contributed by atoms with Gasteiger partial charge in [-0.3, -0.25) is 4.79 Å². The molecule has 33 heavy (non-hydrogen) atoms. The molecule has 0 aliphatic carbocycles. The maximum absolute atomic E-state index is 14.7. The van der Waals surface area contributed by atoms with Crippen molar-refractivity contribution in [2.75, 3.05) is 13.1 Å². The third kappa shape index (κ3) is 4.23. The number of piperidine rings is 1. The molecular weight excluding hydrogens is 452 g/mol. The van der Waals surface area contributed by atoms with Gasteiger partial charge in [0.15, 0.2) is 6.10 Å². The minimum atomic E-state index is -3.11. The molecule has 0 radical (unpaired) electrons. The Morgan fingerprint density at radius 1 is 1.15 bits per heavy atom. The number of alkyl halides is 2. The average molecular weight is 470 g/mol. The summed E-state index contributed by atoms with van der Waals surface area (Å²) < 4.78 is 36.5. The van der Waals surface area contributed by atoms with E-state index in [4.69, 9.17) is 16.3 Å². The zero-order chi connectivity index (χ0) is 23.0. The number of halogens is 3. The Bertz CT molecular complexity index is 1320. The van der Waals surface area contributed by atoms with Crippen LogP contribution in [-0.2, 0) is 0 Å². The number of nitrogens with zero attached hydrogens (tertiary/aromatic N) is 5. The first-order chi connectivity index (χ1) is 15.9. The van der Waals surface area contributed by atoms with Crippen molar-refractivity contribution in [2.24, 2.45) is 0 Å². The number of hydrogen-bond acceptors (Lipinski definition) is 5. The van der Waals surface area contributed by atoms with Crippen molar-refractivity contribution in [3.63, 3.8) is 0 Å². The van der Waals surface area contributed by atoms with Crippen LogP contribution in [0.3, 0.4) is 0 Å². The number of carbonyl (C=O) groups excluding carboxylic acids is 1. The van der Waals surface area contributed by atoms with Crippen LogP contribution in [0.2, 0.25) is 5.02 Å². The number of ether oxygens (including phenoxy) is 1. The van der Waals surface area contributed by atoms with Crippen molar-refractivity contribution in [1.29, 1.82) is 0 Å². The Hall–Kier alpha value is -3.59. The highest BCUT2D eigenvalue weighted by Crippen LogP contribution is 2.33. The Morgan fingerprint density at radius 2 is 2.00 bits per heavy atom. The molecule has 1 amide bonds. The zero-order valence-electron chi connectivity index (χ0n) is 17.2. The van der Waals surface area contributed by atoms with Gasteiger partial charge in [0.05, 0.1) is 35.2 Å². The number of pyridine rings is 1. The summed E-state index contributed by atoms with van der Waals surface area (Å²) >= 11 is 6.18. The molecule has 3 heterocycles. The molecule has 2 aromatic carbocycles. The zero-order valence-corrected chi connectivity index (χ0v) is 18.0. The molecule has 168 valence electrons. The molecule has 1 aliphatic rings. The monoisotopic (exact) mass is 469 g/mol. The van der Waals surface area contributed by atoms with Crippen molar-refractivity contribution < 1.29 is 18.3 Å². The predicted octanol–water partition coefficient (Wildman–Crippen LogP) is 4.40. The van der Waals surface area contributed by atoms with Crippen LogP contribution in [0.1, 0.15) is 16.8 Å². The number of amides is 1. The second-order valence-corrected chi connectivity index (χ2v) is 8.13. The highest BCUT2D eigenvalue weighted by atomic mass is 35.5. The molecule has 0 spiro atoms. The number of para-hydroxylation sites is 1. The van der Waals surface area contributed by atoms with Crippen LogP contribution in [0.4, 0.5) is 8.78 Å². The summed E-state index contributed by atoms with van der Waals surface area (Å²) in [5.74, 6) is -3.45. The minimum Gasteiger partial charge on any atom is -0.466 e. The second-order valence-electron chi connectivity index (χ2n) is 7.73. The molecule has 5 rings (SSSR count). The van der Waals surface area contributed by atoms with E-state index >= 15 is 0 Å². The number of rotatable bonds is 4. The first-order valence-electron chi connectivity index (χ1n) is 10.3. The summed E-state index contributed by atoms with van der Waals surface area (Å²) in [6, 6.07) is 15.3. The molecule has 0 N–H and O–H groups in total. The molecule has 2 aromatic heterocycles. The van der Waals surface area contributed by atoms with E-state index in [1.54, 1.807) is 48.7 Å². The Kier molecular flexibility index (Phi) is 5.41. The van der Waals surface area contributed by atoms with Crippen LogP contribution in [-0.4, -0.2) is 55.9 Å². The molecule has 1 saturated heterocycles. The van der Waals surface area contributed by atoms with E-state index in [2.05, 4.69) is 15.3 Å². The first-order valence-corrected chi connectivity index (χ1v) is 10.6. The van der Waals surface area contributed by atoms with Gasteiger partial charge in [-0.1, -0.05) is 35.0 Å². The van der Waals surface area contributed by atoms with Gasteiger partial charge in [0.25, 0.3) is 11.8 Å². The summed E-state index contributed by atoms with van der Waals surface area (Å²) in [6.45, 7) is -0.363. The van der Waals surface area contributed by atoms with Crippen LogP contribution in [0.15, 0.2) is 67.0 Å². The summed E-state index contributed by atoms with van der Waals surface area (Å²) in [6.07, 6.45) is 1.12. The topological polar surface area (TPSA) is 73.1 Å². The lowest BCUT2D eigenvalue weighted by Gasteiger charge is -2.38. The average Bonchev–Trinajstić information content (AvgIpc) is 3.36. The van der Waals surface area contributed by atoms with Crippen LogP contribution in [0.5, 0.6) is 5.88 Å². The lowest BCUT2D eigenvalue weighted by atomic mass is 10.0. The van der Waals surface area contributed by atoms with Crippen molar-refractivity contribution in [2.45, 2.75) is 18.4 Å². The Labute approximate surface area is 192 Å². The van der Waals surface area contributed by atoms with E-state index in [0.717, 1.165) is 5.39 Å². The van der Waals surface area contributed by atoms with Crippen LogP contribution in [0.25, 0.3) is 16.6 Å². The number of carbonyl (C=O) groups is 1. The Morgan fingerprint density at radius 3 is 2.82 bits per heavy atom. The van der Waals surface area contributed by atoms with Crippen molar-refractivity contribution in [3.8, 4) is 11.6 Å². The van der Waals surface area contributed by atoms with Crippen molar-refractivity contribution >= 4 is 28.4 Å². The molecule has 0 unspecified atom stereocenters. The molecule has 1 aliphatic heterocycles. The third-order valence-electron chi connectivity index (χ3n) is 5.55. The van der Waals surface area contributed by atoms with Gasteiger partial charge >= 0.3 is 0 Å². The summed E-state index contributed by atoms with van der Waals surface area (Å²) in [4.78, 5) is 18.8. The van der Waals surface area contributed by atoms with E-state index < -0.39 is 18.4 Å². The van der Waals surface area contributed by atoms with Gasteiger partial charge in [-0.25, -0.2) is 18.4 Å². The van der Waals surface area contributed by atoms with Crippen molar-refractivity contribution in [3.05, 3.63) is 77.6 Å². The van der Waals surface area contributed by atoms with E-state index in [-0.39, 0.29) is 24.9 Å². The third-order valence-corrected chi connectivity index (χ3v) is 5.85. The van der Waals surface area contributed by atoms with Gasteiger partial charge in [-0.15, -0.1) is 5.10 Å². The molecule has 1 fully saturated rings. The largest absolute Gasteiger partial charge is 0.466 e. The van der Waals surface area contributed by atoms with Crippen molar-refractivity contribution in [1.82, 2.24) is 24.9 Å². The fraction of sp³-hybridized carbons (Fsp3) is 0.217. The number of likely N-dealkylation sites (tertiary alicyclic amines) is 1. The van der Waals surface area contributed by atoms with Gasteiger partial charge in [-0.05, 0) is 30.3 Å². The molecule has 10 heteroatoms. The molecule has 4 aromatic rings. The highest BCUT2D eigenvalue weighted by Gasteiger charge is 2.47. The normalized spacial score (nSPS) is 17.8. The first kappa shape index (κ1) is 21.3. The van der Waals surface area contributed by atoms with Gasteiger partial charge < -0.3 is 9.64 Å². The maximum atomic E-state index is 14.7. The molecule has 7 nitrogen and oxygen atoms in total. The lowest BCUT2D eigenvalue weighted by Crippen LogP contribution is -2.55. The van der Waals surface area contributed by atoms with Crippen LogP contribution in [0, 0.1) is 0 Å². The SMILES string of the molecule is O=C(c1cccc(-n2ccnn2)c1)N1CCC(F)(F)[C@@H](Oc2ccc3cccc(Cl)c3n2)C1. The number of fused-ring (bicyclic) bond motifs is 1. The lowest BCUT2D eigenvalue weighted by molar-refractivity contribution is -0.131. The smallest absolute Gasteiger partial charge is 0.287 e. The number of hydrogen-bond donors (Lipinski definition) is 0. The van der Waals surface area contributed by atoms with Crippen LogP contribution >= 0.6 is 11.6 Å². The standard InChI is InChI=1S/C23H18ClF2N5O2/c24-18-6-2-3-15-7-8-20(28-21(15)18)33-19-14-30(11-9-23(19,25)26)22(32)16-4-1-5-17(13-16)31-12-10-27-29-31/h1-8,10,12-13,19H,9,11,14H2/t19-/m0/s1. The van der Waals surface area contributed by atoms with E-state index in [1.807, 2.05) is 6.07 Å². The molecule has 0 saturated carbocycles. The number of benzene rings is 2. The van der Waals surface area contributed by atoms with Gasteiger partial charge in [0.2, 0.25) is 5.88 Å². The molecule has 0 bridgehead atoms. The van der Waals surface area contributed by atoms with Crippen LogP contribution < -0.4 is 4.74 Å². The minimum absolute atomic E-state index is 0.0303.